The van der Waals surface area contributed by atoms with Gasteiger partial charge in [-0.25, -0.2) is 4.39 Å². The zero-order valence-electron chi connectivity index (χ0n) is 15.3. The van der Waals surface area contributed by atoms with Crippen molar-refractivity contribution < 1.29 is 14.0 Å². The van der Waals surface area contributed by atoms with Gasteiger partial charge in [0.05, 0.1) is 11.3 Å². The zero-order chi connectivity index (χ0) is 20.6. The quantitative estimate of drug-likeness (QED) is 0.459. The van der Waals surface area contributed by atoms with Crippen molar-refractivity contribution in [2.75, 3.05) is 16.4 Å². The van der Waals surface area contributed by atoms with Crippen LogP contribution in [-0.2, 0) is 4.79 Å². The van der Waals surface area contributed by atoms with Gasteiger partial charge in [0.2, 0.25) is 5.91 Å². The Balaban J connectivity index is 1.65. The van der Waals surface area contributed by atoms with E-state index in [-0.39, 0.29) is 23.4 Å². The number of nitrogens with one attached hydrogen (secondary N) is 2. The molecule has 0 aliphatic rings. The lowest BCUT2D eigenvalue weighted by atomic mass is 10.2. The summed E-state index contributed by atoms with van der Waals surface area (Å²) >= 11 is 1.24. The third-order valence-corrected chi connectivity index (χ3v) is 4.98. The molecule has 6 heteroatoms. The molecule has 0 aliphatic carbocycles. The third kappa shape index (κ3) is 5.71. The van der Waals surface area contributed by atoms with Crippen LogP contribution in [-0.4, -0.2) is 17.6 Å². The Morgan fingerprint density at radius 1 is 0.931 bits per heavy atom. The Morgan fingerprint density at radius 2 is 1.69 bits per heavy atom. The summed E-state index contributed by atoms with van der Waals surface area (Å²) in [6.07, 6.45) is 5.39. The van der Waals surface area contributed by atoms with Crippen LogP contribution in [0.15, 0.2) is 77.7 Å². The highest BCUT2D eigenvalue weighted by Crippen LogP contribution is 2.24. The van der Waals surface area contributed by atoms with E-state index in [2.05, 4.69) is 16.6 Å². The van der Waals surface area contributed by atoms with E-state index in [1.807, 2.05) is 0 Å². The van der Waals surface area contributed by atoms with Gasteiger partial charge in [0.1, 0.15) is 5.82 Å². The zero-order valence-corrected chi connectivity index (χ0v) is 16.1. The number of anilines is 2. The van der Waals surface area contributed by atoms with Crippen LogP contribution in [0.1, 0.15) is 15.9 Å². The number of carbonyl (C=O) groups is 2. The van der Waals surface area contributed by atoms with Crippen molar-refractivity contribution in [2.24, 2.45) is 0 Å². The molecule has 0 aliphatic heterocycles. The highest BCUT2D eigenvalue weighted by atomic mass is 32.2. The summed E-state index contributed by atoms with van der Waals surface area (Å²) in [6.45, 7) is 0. The van der Waals surface area contributed by atoms with E-state index in [4.69, 9.17) is 6.42 Å². The van der Waals surface area contributed by atoms with Crippen molar-refractivity contribution in [1.82, 2.24) is 0 Å². The number of carbonyl (C=O) groups excluding carboxylic acids is 2. The Morgan fingerprint density at radius 3 is 2.45 bits per heavy atom. The largest absolute Gasteiger partial charge is 0.325 e. The van der Waals surface area contributed by atoms with Gasteiger partial charge in [-0.1, -0.05) is 24.1 Å². The van der Waals surface area contributed by atoms with Crippen molar-refractivity contribution >= 4 is 35.0 Å². The number of rotatable bonds is 6. The molecule has 0 saturated carbocycles. The molecule has 3 aromatic carbocycles. The second-order valence-corrected chi connectivity index (χ2v) is 7.04. The monoisotopic (exact) mass is 404 g/mol. The Labute approximate surface area is 172 Å². The minimum absolute atomic E-state index is 0.105. The van der Waals surface area contributed by atoms with E-state index in [0.717, 1.165) is 0 Å². The van der Waals surface area contributed by atoms with Gasteiger partial charge in [-0.15, -0.1) is 18.2 Å². The van der Waals surface area contributed by atoms with E-state index < -0.39 is 0 Å². The van der Waals surface area contributed by atoms with E-state index in [9.17, 15) is 14.0 Å². The molecule has 0 aromatic heterocycles. The highest BCUT2D eigenvalue weighted by Gasteiger charge is 2.13. The van der Waals surface area contributed by atoms with Crippen LogP contribution >= 0.6 is 11.8 Å². The molecule has 2 N–H and O–H groups in total. The van der Waals surface area contributed by atoms with Crippen molar-refractivity contribution in [3.05, 3.63) is 89.7 Å². The molecule has 3 rings (SSSR count). The number of benzene rings is 3. The van der Waals surface area contributed by atoms with Gasteiger partial charge >= 0.3 is 0 Å². The second-order valence-electron chi connectivity index (χ2n) is 6.02. The maximum Gasteiger partial charge on any atom is 0.256 e. The van der Waals surface area contributed by atoms with E-state index in [1.165, 1.54) is 36.0 Å². The summed E-state index contributed by atoms with van der Waals surface area (Å²) in [5, 5.41) is 5.52. The molecule has 0 spiro atoms. The van der Waals surface area contributed by atoms with Crippen LogP contribution in [0.2, 0.25) is 0 Å². The van der Waals surface area contributed by atoms with Crippen LogP contribution < -0.4 is 10.6 Å². The van der Waals surface area contributed by atoms with Gasteiger partial charge in [-0.3, -0.25) is 9.59 Å². The number of terminal acetylenes is 1. The van der Waals surface area contributed by atoms with Gasteiger partial charge in [0.25, 0.3) is 5.91 Å². The first-order valence-electron chi connectivity index (χ1n) is 8.70. The number of hydrogen-bond acceptors (Lipinski definition) is 3. The van der Waals surface area contributed by atoms with Gasteiger partial charge in [-0.2, -0.15) is 0 Å². The fraction of sp³-hybridized carbons (Fsp3) is 0.0435. The van der Waals surface area contributed by atoms with Crippen LogP contribution in [0.3, 0.4) is 0 Å². The fourth-order valence-electron chi connectivity index (χ4n) is 2.54. The molecular weight excluding hydrogens is 387 g/mol. The molecule has 0 atom stereocenters. The smallest absolute Gasteiger partial charge is 0.256 e. The van der Waals surface area contributed by atoms with Gasteiger partial charge in [0, 0.05) is 21.8 Å². The van der Waals surface area contributed by atoms with E-state index in [0.29, 0.717) is 27.4 Å². The molecule has 2 amide bonds. The van der Waals surface area contributed by atoms with Crippen molar-refractivity contribution in [2.45, 2.75) is 4.90 Å². The molecule has 3 aromatic rings. The average Bonchev–Trinajstić information content (AvgIpc) is 2.74. The number of hydrogen-bond donors (Lipinski definition) is 2. The molecule has 29 heavy (non-hydrogen) atoms. The fourth-order valence-corrected chi connectivity index (χ4v) is 3.39. The SMILES string of the molecule is C#Cc1cccc(NC(=O)c2ccccc2SCC(=O)Nc2ccc(F)cc2)c1. The summed E-state index contributed by atoms with van der Waals surface area (Å²) in [7, 11) is 0. The van der Waals surface area contributed by atoms with Crippen LogP contribution in [0.4, 0.5) is 15.8 Å². The lowest BCUT2D eigenvalue weighted by molar-refractivity contribution is -0.113. The molecule has 0 heterocycles. The van der Waals surface area contributed by atoms with Crippen LogP contribution in [0.25, 0.3) is 0 Å². The summed E-state index contributed by atoms with van der Waals surface area (Å²) in [5.74, 6) is 1.72. The van der Waals surface area contributed by atoms with Crippen molar-refractivity contribution in [3.63, 3.8) is 0 Å². The van der Waals surface area contributed by atoms with Crippen LogP contribution in [0, 0.1) is 18.2 Å². The first-order chi connectivity index (χ1) is 14.0. The molecule has 4 nitrogen and oxygen atoms in total. The Hall–Kier alpha value is -3.56. The Bertz CT molecular complexity index is 1070. The average molecular weight is 404 g/mol. The second kappa shape index (κ2) is 9.58. The van der Waals surface area contributed by atoms with Gasteiger partial charge < -0.3 is 10.6 Å². The van der Waals surface area contributed by atoms with E-state index in [1.54, 1.807) is 48.5 Å². The van der Waals surface area contributed by atoms with Gasteiger partial charge in [-0.05, 0) is 54.6 Å². The minimum Gasteiger partial charge on any atom is -0.325 e. The summed E-state index contributed by atoms with van der Waals surface area (Å²) in [4.78, 5) is 25.5. The predicted molar refractivity (Wildman–Crippen MR) is 115 cm³/mol. The molecule has 0 unspecified atom stereocenters. The molecule has 0 radical (unpaired) electrons. The lowest BCUT2D eigenvalue weighted by Crippen LogP contribution is -2.16. The highest BCUT2D eigenvalue weighted by molar-refractivity contribution is 8.00. The first-order valence-corrected chi connectivity index (χ1v) is 9.69. The number of halogens is 1. The summed E-state index contributed by atoms with van der Waals surface area (Å²) in [6, 6.07) is 19.6. The van der Waals surface area contributed by atoms with Crippen LogP contribution in [0.5, 0.6) is 0 Å². The van der Waals surface area contributed by atoms with Crippen molar-refractivity contribution in [3.8, 4) is 12.3 Å². The van der Waals surface area contributed by atoms with Crippen molar-refractivity contribution in [1.29, 1.82) is 0 Å². The molecule has 0 saturated heterocycles. The molecular formula is C23H17FN2O2S. The summed E-state index contributed by atoms with van der Waals surface area (Å²) in [5.41, 5.74) is 2.23. The first kappa shape index (κ1) is 20.2. The molecule has 0 bridgehead atoms. The lowest BCUT2D eigenvalue weighted by Gasteiger charge is -2.10. The Kier molecular flexibility index (Phi) is 6.67. The third-order valence-electron chi connectivity index (χ3n) is 3.91. The number of amides is 2. The molecule has 144 valence electrons. The minimum atomic E-state index is -0.370. The summed E-state index contributed by atoms with van der Waals surface area (Å²) < 4.78 is 12.9. The maximum atomic E-state index is 12.9. The topological polar surface area (TPSA) is 58.2 Å². The number of thioether (sulfide) groups is 1. The molecule has 0 fully saturated rings. The predicted octanol–water partition coefficient (Wildman–Crippen LogP) is 4.79. The van der Waals surface area contributed by atoms with E-state index >= 15 is 0 Å². The maximum absolute atomic E-state index is 12.9. The normalized spacial score (nSPS) is 10.1. The van der Waals surface area contributed by atoms with Gasteiger partial charge in [0.15, 0.2) is 0 Å². The standard InChI is InChI=1S/C23H17FN2O2S/c1-2-16-6-5-7-19(14-16)26-23(28)20-8-3-4-9-21(20)29-15-22(27)25-18-12-10-17(24)11-13-18/h1,3-14H,15H2,(H,25,27)(H,26,28).